The molecule has 1 aliphatic rings. The summed E-state index contributed by atoms with van der Waals surface area (Å²) in [6.45, 7) is 9.98. The van der Waals surface area contributed by atoms with Gasteiger partial charge in [0.25, 0.3) is 5.91 Å². The number of pyridine rings is 1. The molecule has 0 atom stereocenters. The third kappa shape index (κ3) is 5.06. The highest BCUT2D eigenvalue weighted by Gasteiger charge is 2.26. The summed E-state index contributed by atoms with van der Waals surface area (Å²) in [6, 6.07) is 3.53. The molecule has 2 amide bonds. The normalized spacial score (nSPS) is 15.1. The molecule has 1 aromatic heterocycles. The third-order valence-electron chi connectivity index (χ3n) is 3.76. The highest BCUT2D eigenvalue weighted by Crippen LogP contribution is 2.21. The van der Waals surface area contributed by atoms with E-state index in [4.69, 9.17) is 4.74 Å². The fourth-order valence-electron chi connectivity index (χ4n) is 2.62. The van der Waals surface area contributed by atoms with Crippen LogP contribution >= 0.6 is 0 Å². The van der Waals surface area contributed by atoms with Gasteiger partial charge in [-0.1, -0.05) is 0 Å². The molecule has 0 unspecified atom stereocenters. The van der Waals surface area contributed by atoms with Gasteiger partial charge in [0.05, 0.1) is 18.5 Å². The van der Waals surface area contributed by atoms with Crippen LogP contribution in [0.2, 0.25) is 0 Å². The molecule has 8 nitrogen and oxygen atoms in total. The smallest absolute Gasteiger partial charge is 0.410 e. The van der Waals surface area contributed by atoms with E-state index in [0.717, 1.165) is 11.4 Å². The first-order chi connectivity index (χ1) is 11.7. The predicted octanol–water partition coefficient (Wildman–Crippen LogP) is 1.74. The van der Waals surface area contributed by atoms with Crippen LogP contribution in [0.15, 0.2) is 12.1 Å². The van der Waals surface area contributed by atoms with Crippen LogP contribution in [0.1, 0.15) is 37.0 Å². The lowest BCUT2D eigenvalue weighted by Crippen LogP contribution is -2.50. The first kappa shape index (κ1) is 19.0. The van der Waals surface area contributed by atoms with Crippen molar-refractivity contribution < 1.29 is 19.2 Å². The fourth-order valence-corrected chi connectivity index (χ4v) is 2.62. The second kappa shape index (κ2) is 7.69. The van der Waals surface area contributed by atoms with Gasteiger partial charge in [-0.25, -0.2) is 15.3 Å². The summed E-state index contributed by atoms with van der Waals surface area (Å²) >= 11 is 0. The minimum atomic E-state index is -0.493. The molecule has 138 valence electrons. The van der Waals surface area contributed by atoms with Gasteiger partial charge in [-0.05, 0) is 39.8 Å². The number of ether oxygens (including phenoxy) is 1. The largest absolute Gasteiger partial charge is 0.444 e. The molecule has 1 fully saturated rings. The van der Waals surface area contributed by atoms with Gasteiger partial charge in [0.1, 0.15) is 11.3 Å². The number of carbonyl (C=O) groups is 2. The fraction of sp³-hybridized carbons (Fsp3) is 0.588. The number of nitrogens with one attached hydrogen (secondary N) is 1. The van der Waals surface area contributed by atoms with E-state index in [-0.39, 0.29) is 12.0 Å². The molecule has 0 aliphatic carbocycles. The Hall–Kier alpha value is -2.35. The zero-order valence-corrected chi connectivity index (χ0v) is 15.5. The Balaban J connectivity index is 1.99. The number of amides is 2. The first-order valence-corrected chi connectivity index (χ1v) is 8.25. The first-order valence-electron chi connectivity index (χ1n) is 8.25. The van der Waals surface area contributed by atoms with Crippen LogP contribution in [0.3, 0.4) is 0 Å². The maximum atomic E-state index is 12.1. The highest BCUT2D eigenvalue weighted by molar-refractivity contribution is 5.91. The molecule has 2 heterocycles. The van der Waals surface area contributed by atoms with Crippen molar-refractivity contribution in [3.63, 3.8) is 0 Å². The lowest BCUT2D eigenvalue weighted by molar-refractivity contribution is 0.0240. The Morgan fingerprint density at radius 3 is 2.32 bits per heavy atom. The van der Waals surface area contributed by atoms with Gasteiger partial charge in [-0.15, -0.1) is 0 Å². The van der Waals surface area contributed by atoms with Crippen LogP contribution in [0.25, 0.3) is 0 Å². The maximum Gasteiger partial charge on any atom is 0.410 e. The number of carbonyl (C=O) groups excluding carboxylic acids is 2. The molecule has 0 radical (unpaired) electrons. The number of hydrogen-bond acceptors (Lipinski definition) is 6. The van der Waals surface area contributed by atoms with Gasteiger partial charge in [0, 0.05) is 26.2 Å². The molecule has 1 aliphatic heterocycles. The number of aryl methyl sites for hydroxylation is 1. The van der Waals surface area contributed by atoms with E-state index in [0.29, 0.717) is 31.9 Å². The topological polar surface area (TPSA) is 84.0 Å². The summed E-state index contributed by atoms with van der Waals surface area (Å²) in [5.74, 6) is -0.383. The predicted molar refractivity (Wildman–Crippen MR) is 93.5 cm³/mol. The average Bonchev–Trinajstić information content (AvgIpc) is 2.53. The lowest BCUT2D eigenvalue weighted by atomic mass is 10.2. The van der Waals surface area contributed by atoms with Crippen LogP contribution in [-0.2, 0) is 9.57 Å². The van der Waals surface area contributed by atoms with Gasteiger partial charge >= 0.3 is 6.09 Å². The number of rotatable bonds is 3. The number of nitrogens with zero attached hydrogens (tertiary/aromatic N) is 3. The lowest BCUT2D eigenvalue weighted by Gasteiger charge is -2.37. The molecular weight excluding hydrogens is 324 g/mol. The summed E-state index contributed by atoms with van der Waals surface area (Å²) < 4.78 is 5.41. The van der Waals surface area contributed by atoms with E-state index >= 15 is 0 Å². The molecule has 25 heavy (non-hydrogen) atoms. The Morgan fingerprint density at radius 1 is 1.16 bits per heavy atom. The second-order valence-electron chi connectivity index (χ2n) is 6.89. The van der Waals surface area contributed by atoms with Gasteiger partial charge < -0.3 is 14.5 Å². The number of aromatic nitrogens is 1. The van der Waals surface area contributed by atoms with Crippen LogP contribution in [0.5, 0.6) is 0 Å². The van der Waals surface area contributed by atoms with E-state index in [9.17, 15) is 9.59 Å². The van der Waals surface area contributed by atoms with E-state index in [1.165, 1.54) is 7.11 Å². The Kier molecular flexibility index (Phi) is 5.84. The van der Waals surface area contributed by atoms with E-state index in [2.05, 4.69) is 20.2 Å². The van der Waals surface area contributed by atoms with Crippen molar-refractivity contribution in [3.05, 3.63) is 23.5 Å². The van der Waals surface area contributed by atoms with Crippen molar-refractivity contribution in [2.75, 3.05) is 38.2 Å². The quantitative estimate of drug-likeness (QED) is 0.836. The maximum absolute atomic E-state index is 12.1. The molecule has 1 N–H and O–H groups in total. The highest BCUT2D eigenvalue weighted by atomic mass is 16.6. The monoisotopic (exact) mass is 350 g/mol. The van der Waals surface area contributed by atoms with Gasteiger partial charge in [-0.2, -0.15) is 0 Å². The zero-order valence-electron chi connectivity index (χ0n) is 15.5. The summed E-state index contributed by atoms with van der Waals surface area (Å²) in [7, 11) is 1.38. The Bertz CT molecular complexity index is 634. The molecular formula is C17H26N4O4. The van der Waals surface area contributed by atoms with Gasteiger partial charge in [0.2, 0.25) is 0 Å². The summed E-state index contributed by atoms with van der Waals surface area (Å²) in [5, 5.41) is 0. The van der Waals surface area contributed by atoms with Crippen molar-refractivity contribution in [1.29, 1.82) is 0 Å². The molecule has 0 saturated carbocycles. The molecule has 8 heteroatoms. The summed E-state index contributed by atoms with van der Waals surface area (Å²) in [6.07, 6.45) is -0.284. The van der Waals surface area contributed by atoms with Crippen molar-refractivity contribution in [2.45, 2.75) is 33.3 Å². The number of anilines is 1. The van der Waals surface area contributed by atoms with Crippen LogP contribution < -0.4 is 10.4 Å². The molecule has 1 aromatic rings. The van der Waals surface area contributed by atoms with E-state index < -0.39 is 5.60 Å². The number of piperazine rings is 1. The second-order valence-corrected chi connectivity index (χ2v) is 6.89. The van der Waals surface area contributed by atoms with Crippen LogP contribution in [0.4, 0.5) is 10.5 Å². The minimum absolute atomic E-state index is 0.284. The summed E-state index contributed by atoms with van der Waals surface area (Å²) in [5.41, 5.74) is 3.78. The van der Waals surface area contributed by atoms with Gasteiger partial charge in [-0.3, -0.25) is 9.63 Å². The zero-order chi connectivity index (χ0) is 18.6. The standard InChI is InChI=1S/C17H26N4O4/c1-12-14(7-6-13(18-12)15(22)19-24-5)20-8-10-21(11-9-20)16(23)25-17(2,3)4/h6-7H,8-11H2,1-5H3,(H,19,22). The molecule has 0 spiro atoms. The average molecular weight is 350 g/mol. The number of hydrogen-bond donors (Lipinski definition) is 1. The van der Waals surface area contributed by atoms with E-state index in [1.807, 2.05) is 33.8 Å². The van der Waals surface area contributed by atoms with E-state index in [1.54, 1.807) is 11.0 Å². The van der Waals surface area contributed by atoms with Crippen LogP contribution in [-0.4, -0.2) is 60.8 Å². The summed E-state index contributed by atoms with van der Waals surface area (Å²) in [4.78, 5) is 36.7. The number of hydroxylamine groups is 1. The van der Waals surface area contributed by atoms with Gasteiger partial charge in [0.15, 0.2) is 0 Å². The molecule has 2 rings (SSSR count). The van der Waals surface area contributed by atoms with Crippen molar-refractivity contribution in [1.82, 2.24) is 15.4 Å². The minimum Gasteiger partial charge on any atom is -0.444 e. The Morgan fingerprint density at radius 2 is 1.80 bits per heavy atom. The van der Waals surface area contributed by atoms with Crippen molar-refractivity contribution >= 4 is 17.7 Å². The Labute approximate surface area is 148 Å². The molecule has 0 bridgehead atoms. The SMILES string of the molecule is CONC(=O)c1ccc(N2CCN(C(=O)OC(C)(C)C)CC2)c(C)n1. The molecule has 1 saturated heterocycles. The van der Waals surface area contributed by atoms with Crippen molar-refractivity contribution in [3.8, 4) is 0 Å². The third-order valence-corrected chi connectivity index (χ3v) is 3.76. The molecule has 0 aromatic carbocycles. The van der Waals surface area contributed by atoms with Crippen LogP contribution in [0, 0.1) is 6.92 Å². The van der Waals surface area contributed by atoms with Crippen molar-refractivity contribution in [2.24, 2.45) is 0 Å².